The zero-order valence-electron chi connectivity index (χ0n) is 14.9. The van der Waals surface area contributed by atoms with Crippen LogP contribution in [0.15, 0.2) is 47.4 Å². The van der Waals surface area contributed by atoms with E-state index < -0.39 is 21.9 Å². The lowest BCUT2D eigenvalue weighted by Gasteiger charge is -2.23. The number of rotatable bonds is 5. The van der Waals surface area contributed by atoms with Crippen molar-refractivity contribution in [1.29, 1.82) is 0 Å². The highest BCUT2D eigenvalue weighted by Crippen LogP contribution is 2.32. The topological polar surface area (TPSA) is 84.9 Å². The summed E-state index contributed by atoms with van der Waals surface area (Å²) in [5.74, 6) is 0.398. The maximum atomic E-state index is 13.1. The largest absolute Gasteiger partial charge is 0.454 e. The third kappa shape index (κ3) is 3.55. The van der Waals surface area contributed by atoms with Crippen LogP contribution in [0.2, 0.25) is 0 Å². The number of carbonyl (C=O) groups is 1. The fourth-order valence-electron chi connectivity index (χ4n) is 3.39. The Balaban J connectivity index is 1.45. The standard InChI is InChI=1S/C19H19FN2O5S/c20-14-4-6-15(7-5-14)28(24,25)22-9-1-2-16(22)19(23)21-11-13-3-8-17-18(10-13)27-12-26-17/h3-8,10,16H,1-2,9,11-12H2,(H,21,23)/t16-/m1/s1. The van der Waals surface area contributed by atoms with Gasteiger partial charge in [0.1, 0.15) is 11.9 Å². The van der Waals surface area contributed by atoms with E-state index in [-0.39, 0.29) is 30.7 Å². The number of hydrogen-bond acceptors (Lipinski definition) is 5. The minimum absolute atomic E-state index is 0.0237. The summed E-state index contributed by atoms with van der Waals surface area (Å²) in [7, 11) is -3.87. The molecule has 1 saturated heterocycles. The fraction of sp³-hybridized carbons (Fsp3) is 0.316. The lowest BCUT2D eigenvalue weighted by molar-refractivity contribution is -0.124. The number of amides is 1. The highest BCUT2D eigenvalue weighted by molar-refractivity contribution is 7.89. The fourth-order valence-corrected chi connectivity index (χ4v) is 5.05. The van der Waals surface area contributed by atoms with E-state index in [2.05, 4.69) is 5.32 Å². The van der Waals surface area contributed by atoms with Crippen LogP contribution in [0, 0.1) is 5.82 Å². The maximum absolute atomic E-state index is 13.1. The van der Waals surface area contributed by atoms with Crippen LogP contribution in [0.5, 0.6) is 11.5 Å². The summed E-state index contributed by atoms with van der Waals surface area (Å²) in [6, 6.07) is 9.19. The molecule has 1 atom stereocenters. The average Bonchev–Trinajstić information content (AvgIpc) is 3.35. The molecule has 0 unspecified atom stereocenters. The van der Waals surface area contributed by atoms with Gasteiger partial charge in [-0.3, -0.25) is 4.79 Å². The van der Waals surface area contributed by atoms with Crippen LogP contribution in [-0.2, 0) is 21.4 Å². The van der Waals surface area contributed by atoms with Gasteiger partial charge in [-0.1, -0.05) is 6.07 Å². The highest BCUT2D eigenvalue weighted by atomic mass is 32.2. The summed E-state index contributed by atoms with van der Waals surface area (Å²) in [5.41, 5.74) is 0.823. The summed E-state index contributed by atoms with van der Waals surface area (Å²) in [4.78, 5) is 12.6. The van der Waals surface area contributed by atoms with Crippen LogP contribution in [0.25, 0.3) is 0 Å². The molecular weight excluding hydrogens is 387 g/mol. The first-order chi connectivity index (χ1) is 13.4. The van der Waals surface area contributed by atoms with Crippen LogP contribution < -0.4 is 14.8 Å². The number of carbonyl (C=O) groups excluding carboxylic acids is 1. The summed E-state index contributed by atoms with van der Waals surface area (Å²) in [6.45, 7) is 0.668. The molecule has 148 valence electrons. The number of halogens is 1. The van der Waals surface area contributed by atoms with Gasteiger partial charge in [0.25, 0.3) is 0 Å². The van der Waals surface area contributed by atoms with Crippen LogP contribution in [-0.4, -0.2) is 38.0 Å². The van der Waals surface area contributed by atoms with Crippen molar-refractivity contribution < 1.29 is 27.1 Å². The molecule has 7 nitrogen and oxygen atoms in total. The van der Waals surface area contributed by atoms with Gasteiger partial charge in [0.2, 0.25) is 22.7 Å². The second-order valence-electron chi connectivity index (χ2n) is 6.63. The van der Waals surface area contributed by atoms with E-state index in [1.54, 1.807) is 12.1 Å². The molecular formula is C19H19FN2O5S. The molecule has 28 heavy (non-hydrogen) atoms. The molecule has 2 heterocycles. The number of nitrogens with one attached hydrogen (secondary N) is 1. The second-order valence-corrected chi connectivity index (χ2v) is 8.52. The van der Waals surface area contributed by atoms with Gasteiger partial charge in [0, 0.05) is 13.1 Å². The molecule has 1 N–H and O–H groups in total. The Morgan fingerprint density at radius 1 is 1.14 bits per heavy atom. The molecule has 2 aliphatic heterocycles. The van der Waals surface area contributed by atoms with Crippen LogP contribution in [0.3, 0.4) is 0 Å². The van der Waals surface area contributed by atoms with Crippen molar-refractivity contribution in [2.24, 2.45) is 0 Å². The Kier molecular flexibility index (Phi) is 4.94. The molecule has 0 saturated carbocycles. The highest BCUT2D eigenvalue weighted by Gasteiger charge is 2.39. The molecule has 0 radical (unpaired) electrons. The average molecular weight is 406 g/mol. The van der Waals surface area contributed by atoms with Gasteiger partial charge >= 0.3 is 0 Å². The van der Waals surface area contributed by atoms with Crippen molar-refractivity contribution in [3.63, 3.8) is 0 Å². The Morgan fingerprint density at radius 2 is 1.89 bits per heavy atom. The zero-order chi connectivity index (χ0) is 19.7. The molecule has 2 aromatic carbocycles. The number of fused-ring (bicyclic) bond motifs is 1. The molecule has 1 amide bonds. The van der Waals surface area contributed by atoms with Gasteiger partial charge < -0.3 is 14.8 Å². The summed E-state index contributed by atoms with van der Waals surface area (Å²) < 4.78 is 50.6. The Labute approximate surface area is 162 Å². The minimum Gasteiger partial charge on any atom is -0.454 e. The molecule has 0 aliphatic carbocycles. The molecule has 2 aliphatic rings. The minimum atomic E-state index is -3.87. The number of ether oxygens (including phenoxy) is 2. The van der Waals surface area contributed by atoms with Gasteiger partial charge in [-0.15, -0.1) is 0 Å². The Bertz CT molecular complexity index is 994. The molecule has 2 aromatic rings. The quantitative estimate of drug-likeness (QED) is 0.821. The first kappa shape index (κ1) is 18.7. The van der Waals surface area contributed by atoms with Gasteiger partial charge in [-0.25, -0.2) is 12.8 Å². The van der Waals surface area contributed by atoms with Crippen molar-refractivity contribution >= 4 is 15.9 Å². The first-order valence-corrected chi connectivity index (χ1v) is 10.3. The summed E-state index contributed by atoms with van der Waals surface area (Å²) in [5, 5.41) is 2.79. The van der Waals surface area contributed by atoms with E-state index in [4.69, 9.17) is 9.47 Å². The molecule has 0 spiro atoms. The van der Waals surface area contributed by atoms with E-state index >= 15 is 0 Å². The number of benzene rings is 2. The second kappa shape index (κ2) is 7.40. The van der Waals surface area contributed by atoms with E-state index in [1.807, 2.05) is 6.07 Å². The van der Waals surface area contributed by atoms with E-state index in [0.717, 1.165) is 17.7 Å². The number of hydrogen-bond donors (Lipinski definition) is 1. The Hall–Kier alpha value is -2.65. The number of sulfonamides is 1. The van der Waals surface area contributed by atoms with E-state index in [1.165, 1.54) is 16.4 Å². The summed E-state index contributed by atoms with van der Waals surface area (Å²) in [6.07, 6.45) is 1.02. The van der Waals surface area contributed by atoms with E-state index in [9.17, 15) is 17.6 Å². The Morgan fingerprint density at radius 3 is 2.68 bits per heavy atom. The van der Waals surface area contributed by atoms with Crippen LogP contribution in [0.1, 0.15) is 18.4 Å². The van der Waals surface area contributed by atoms with Crippen molar-refractivity contribution in [3.05, 3.63) is 53.8 Å². The zero-order valence-corrected chi connectivity index (χ0v) is 15.7. The van der Waals surface area contributed by atoms with Gasteiger partial charge in [-0.05, 0) is 54.8 Å². The van der Waals surface area contributed by atoms with Gasteiger partial charge in [0.05, 0.1) is 4.90 Å². The molecule has 9 heteroatoms. The summed E-state index contributed by atoms with van der Waals surface area (Å²) >= 11 is 0. The third-order valence-corrected chi connectivity index (χ3v) is 6.75. The van der Waals surface area contributed by atoms with Gasteiger partial charge in [-0.2, -0.15) is 4.31 Å². The van der Waals surface area contributed by atoms with Crippen LogP contribution >= 0.6 is 0 Å². The number of nitrogens with zero attached hydrogens (tertiary/aromatic N) is 1. The smallest absolute Gasteiger partial charge is 0.243 e. The monoisotopic (exact) mass is 406 g/mol. The normalized spacial score (nSPS) is 19.0. The van der Waals surface area contributed by atoms with Crippen molar-refractivity contribution in [2.75, 3.05) is 13.3 Å². The third-order valence-electron chi connectivity index (χ3n) is 4.83. The molecule has 0 bridgehead atoms. The predicted octanol–water partition coefficient (Wildman–Crippen LogP) is 2.02. The maximum Gasteiger partial charge on any atom is 0.243 e. The first-order valence-electron chi connectivity index (χ1n) is 8.89. The van der Waals surface area contributed by atoms with E-state index in [0.29, 0.717) is 24.3 Å². The molecule has 0 aromatic heterocycles. The van der Waals surface area contributed by atoms with Crippen LogP contribution in [0.4, 0.5) is 4.39 Å². The molecule has 1 fully saturated rings. The van der Waals surface area contributed by atoms with Crippen molar-refractivity contribution in [1.82, 2.24) is 9.62 Å². The SMILES string of the molecule is O=C(NCc1ccc2c(c1)OCO2)[C@H]1CCCN1S(=O)(=O)c1ccc(F)cc1. The molecule has 4 rings (SSSR count). The lowest BCUT2D eigenvalue weighted by atomic mass is 10.2. The lowest BCUT2D eigenvalue weighted by Crippen LogP contribution is -2.45. The van der Waals surface area contributed by atoms with Crippen molar-refractivity contribution in [3.8, 4) is 11.5 Å². The predicted molar refractivity (Wildman–Crippen MR) is 97.7 cm³/mol. The van der Waals surface area contributed by atoms with Crippen molar-refractivity contribution in [2.45, 2.75) is 30.3 Å². The van der Waals surface area contributed by atoms with Gasteiger partial charge in [0.15, 0.2) is 11.5 Å².